The summed E-state index contributed by atoms with van der Waals surface area (Å²) in [5.74, 6) is 0.628. The maximum Gasteiger partial charge on any atom is 0.271 e. The number of amides is 1. The van der Waals surface area contributed by atoms with E-state index in [1.165, 1.54) is 0 Å². The van der Waals surface area contributed by atoms with Crippen LogP contribution in [0.15, 0.2) is 41.5 Å². The van der Waals surface area contributed by atoms with Crippen molar-refractivity contribution in [1.29, 1.82) is 0 Å². The number of rotatable bonds is 4. The molecule has 0 fully saturated rings. The topological polar surface area (TPSA) is 59.3 Å². The molecule has 26 heavy (non-hydrogen) atoms. The number of fused-ring (bicyclic) bond motifs is 1. The fourth-order valence-electron chi connectivity index (χ4n) is 2.78. The standard InChI is InChI=1S/C19H18Cl2N4O/c1-4-25-12(3)22-17-10-14(6-8-18(17)25)19(26)24-23-11(2)13-5-7-15(20)16(21)9-13/h5-10H,4H2,1-3H3,(H,24,26). The summed E-state index contributed by atoms with van der Waals surface area (Å²) in [6.45, 7) is 6.64. The van der Waals surface area contributed by atoms with Gasteiger partial charge in [-0.1, -0.05) is 29.3 Å². The van der Waals surface area contributed by atoms with E-state index >= 15 is 0 Å². The smallest absolute Gasteiger partial charge is 0.271 e. The van der Waals surface area contributed by atoms with Gasteiger partial charge in [0, 0.05) is 12.1 Å². The zero-order chi connectivity index (χ0) is 18.8. The zero-order valence-electron chi connectivity index (χ0n) is 14.7. The highest BCUT2D eigenvalue weighted by Gasteiger charge is 2.11. The third kappa shape index (κ3) is 3.59. The van der Waals surface area contributed by atoms with Crippen LogP contribution in [0.4, 0.5) is 0 Å². The molecule has 7 heteroatoms. The number of halogens is 2. The van der Waals surface area contributed by atoms with E-state index in [1.54, 1.807) is 37.3 Å². The number of imidazole rings is 1. The van der Waals surface area contributed by atoms with Gasteiger partial charge in [0.15, 0.2) is 0 Å². The number of hydrazone groups is 1. The predicted octanol–water partition coefficient (Wildman–Crippen LogP) is 4.83. The molecule has 0 bridgehead atoms. The molecule has 1 N–H and O–H groups in total. The average Bonchev–Trinajstić information content (AvgIpc) is 2.95. The van der Waals surface area contributed by atoms with Crippen molar-refractivity contribution in [3.8, 4) is 0 Å². The average molecular weight is 389 g/mol. The van der Waals surface area contributed by atoms with Gasteiger partial charge in [0.1, 0.15) is 5.82 Å². The third-order valence-electron chi connectivity index (χ3n) is 4.18. The van der Waals surface area contributed by atoms with Crippen LogP contribution < -0.4 is 5.43 Å². The Morgan fingerprint density at radius 2 is 1.88 bits per heavy atom. The summed E-state index contributed by atoms with van der Waals surface area (Å²) in [6.07, 6.45) is 0. The van der Waals surface area contributed by atoms with E-state index in [1.807, 2.05) is 13.0 Å². The number of aryl methyl sites for hydroxylation is 2. The van der Waals surface area contributed by atoms with E-state index in [9.17, 15) is 4.79 Å². The van der Waals surface area contributed by atoms with Crippen molar-refractivity contribution in [3.05, 3.63) is 63.4 Å². The number of aromatic nitrogens is 2. The number of nitrogens with one attached hydrogen (secondary N) is 1. The van der Waals surface area contributed by atoms with E-state index < -0.39 is 0 Å². The van der Waals surface area contributed by atoms with Gasteiger partial charge in [0.2, 0.25) is 0 Å². The Kier molecular flexibility index (Phi) is 5.30. The van der Waals surface area contributed by atoms with Crippen molar-refractivity contribution in [1.82, 2.24) is 15.0 Å². The number of carbonyl (C=O) groups excluding carboxylic acids is 1. The summed E-state index contributed by atoms with van der Waals surface area (Å²) in [7, 11) is 0. The Hall–Kier alpha value is -2.37. The fourth-order valence-corrected chi connectivity index (χ4v) is 3.07. The molecule has 0 atom stereocenters. The van der Waals surface area contributed by atoms with Crippen LogP contribution >= 0.6 is 23.2 Å². The van der Waals surface area contributed by atoms with E-state index in [0.29, 0.717) is 21.3 Å². The Morgan fingerprint density at radius 3 is 2.58 bits per heavy atom. The summed E-state index contributed by atoms with van der Waals surface area (Å²) in [4.78, 5) is 16.9. The molecule has 3 rings (SSSR count). The number of benzene rings is 2. The van der Waals surface area contributed by atoms with Crippen molar-refractivity contribution in [3.63, 3.8) is 0 Å². The highest BCUT2D eigenvalue weighted by atomic mass is 35.5. The van der Waals surface area contributed by atoms with Gasteiger partial charge in [-0.2, -0.15) is 5.10 Å². The van der Waals surface area contributed by atoms with Crippen LogP contribution in [0.5, 0.6) is 0 Å². The molecular formula is C19H18Cl2N4O. The SMILES string of the molecule is CCn1c(C)nc2cc(C(=O)NN=C(C)c3ccc(Cl)c(Cl)c3)ccc21. The normalized spacial score (nSPS) is 11.8. The Bertz CT molecular complexity index is 1020. The van der Waals surface area contributed by atoms with Crippen LogP contribution in [0.3, 0.4) is 0 Å². The first-order chi connectivity index (χ1) is 12.4. The lowest BCUT2D eigenvalue weighted by Crippen LogP contribution is -2.19. The lowest BCUT2D eigenvalue weighted by Gasteiger charge is -2.05. The maximum atomic E-state index is 12.4. The summed E-state index contributed by atoms with van der Waals surface area (Å²) in [5, 5.41) is 5.07. The number of nitrogens with zero attached hydrogens (tertiary/aromatic N) is 3. The van der Waals surface area contributed by atoms with Crippen molar-refractivity contribution in [2.24, 2.45) is 5.10 Å². The summed E-state index contributed by atoms with van der Waals surface area (Å²) >= 11 is 11.9. The van der Waals surface area contributed by atoms with Gasteiger partial charge in [0.25, 0.3) is 5.91 Å². The van der Waals surface area contributed by atoms with Gasteiger partial charge >= 0.3 is 0 Å². The molecule has 2 aromatic carbocycles. The zero-order valence-corrected chi connectivity index (χ0v) is 16.2. The quantitative estimate of drug-likeness (QED) is 0.514. The lowest BCUT2D eigenvalue weighted by molar-refractivity contribution is 0.0955. The molecule has 0 aliphatic carbocycles. The molecule has 0 aliphatic rings. The number of hydrogen-bond donors (Lipinski definition) is 1. The Labute approximate surface area is 161 Å². The van der Waals surface area contributed by atoms with Gasteiger partial charge in [0.05, 0.1) is 26.8 Å². The minimum atomic E-state index is -0.296. The summed E-state index contributed by atoms with van der Waals surface area (Å²) in [5.41, 5.74) is 6.29. The molecule has 1 amide bonds. The van der Waals surface area contributed by atoms with Gasteiger partial charge < -0.3 is 4.57 Å². The Morgan fingerprint density at radius 1 is 1.15 bits per heavy atom. The summed E-state index contributed by atoms with van der Waals surface area (Å²) in [6, 6.07) is 10.7. The largest absolute Gasteiger partial charge is 0.329 e. The first kappa shape index (κ1) is 18.4. The monoisotopic (exact) mass is 388 g/mol. The lowest BCUT2D eigenvalue weighted by atomic mass is 10.1. The fraction of sp³-hybridized carbons (Fsp3) is 0.211. The van der Waals surface area contributed by atoms with Crippen LogP contribution in [0.1, 0.15) is 35.6 Å². The van der Waals surface area contributed by atoms with Crippen LogP contribution in [-0.4, -0.2) is 21.2 Å². The van der Waals surface area contributed by atoms with Crippen molar-refractivity contribution in [2.75, 3.05) is 0 Å². The first-order valence-electron chi connectivity index (χ1n) is 8.17. The molecule has 1 aromatic heterocycles. The first-order valence-corrected chi connectivity index (χ1v) is 8.93. The van der Waals surface area contributed by atoms with Crippen LogP contribution in [-0.2, 0) is 6.54 Å². The predicted molar refractivity (Wildman–Crippen MR) is 106 cm³/mol. The minimum absolute atomic E-state index is 0.296. The molecule has 0 spiro atoms. The van der Waals surface area contributed by atoms with E-state index in [0.717, 1.165) is 29.0 Å². The molecule has 3 aromatic rings. The van der Waals surface area contributed by atoms with Crippen LogP contribution in [0, 0.1) is 6.92 Å². The van der Waals surface area contributed by atoms with Gasteiger partial charge in [-0.15, -0.1) is 0 Å². The second-order valence-corrected chi connectivity index (χ2v) is 6.69. The second-order valence-electron chi connectivity index (χ2n) is 5.87. The molecule has 1 heterocycles. The van der Waals surface area contributed by atoms with Crippen LogP contribution in [0.2, 0.25) is 10.0 Å². The molecule has 0 unspecified atom stereocenters. The molecular weight excluding hydrogens is 371 g/mol. The minimum Gasteiger partial charge on any atom is -0.329 e. The highest BCUT2D eigenvalue weighted by Crippen LogP contribution is 2.23. The Balaban J connectivity index is 1.81. The van der Waals surface area contributed by atoms with E-state index in [2.05, 4.69) is 27.0 Å². The van der Waals surface area contributed by atoms with E-state index in [4.69, 9.17) is 23.2 Å². The van der Waals surface area contributed by atoms with Gasteiger partial charge in [-0.3, -0.25) is 4.79 Å². The van der Waals surface area contributed by atoms with Gasteiger partial charge in [-0.05, 0) is 56.7 Å². The molecule has 0 saturated heterocycles. The molecule has 0 radical (unpaired) electrons. The molecule has 0 saturated carbocycles. The number of hydrogen-bond acceptors (Lipinski definition) is 3. The molecule has 134 valence electrons. The van der Waals surface area contributed by atoms with Crippen molar-refractivity contribution in [2.45, 2.75) is 27.3 Å². The van der Waals surface area contributed by atoms with Gasteiger partial charge in [-0.25, -0.2) is 10.4 Å². The van der Waals surface area contributed by atoms with Crippen molar-refractivity contribution < 1.29 is 4.79 Å². The molecule has 5 nitrogen and oxygen atoms in total. The summed E-state index contributed by atoms with van der Waals surface area (Å²) < 4.78 is 2.10. The highest BCUT2D eigenvalue weighted by molar-refractivity contribution is 6.42. The number of carbonyl (C=O) groups is 1. The maximum absolute atomic E-state index is 12.4. The molecule has 0 aliphatic heterocycles. The van der Waals surface area contributed by atoms with Crippen LogP contribution in [0.25, 0.3) is 11.0 Å². The third-order valence-corrected chi connectivity index (χ3v) is 4.92. The van der Waals surface area contributed by atoms with E-state index in [-0.39, 0.29) is 5.91 Å². The second kappa shape index (κ2) is 7.48. The van der Waals surface area contributed by atoms with Crippen molar-refractivity contribution >= 4 is 45.9 Å².